The normalized spacial score (nSPS) is 37.2. The van der Waals surface area contributed by atoms with Gasteiger partial charge in [0.1, 0.15) is 0 Å². The topological polar surface area (TPSA) is 21.3 Å². The summed E-state index contributed by atoms with van der Waals surface area (Å²) in [5.74, 6) is 0. The second kappa shape index (κ2) is 3.97. The molecule has 0 aromatic heterocycles. The standard InChI is InChI=1S/C11H23NO/c1-8-6-9(2)13-10(7-12-8)11(3,4)5/h8-10,12H,6-7H2,1-5H3. The minimum absolute atomic E-state index is 0.241. The third-order valence-electron chi connectivity index (χ3n) is 2.70. The van der Waals surface area contributed by atoms with Gasteiger partial charge in [0.2, 0.25) is 0 Å². The van der Waals surface area contributed by atoms with Crippen molar-refractivity contribution in [2.45, 2.75) is 59.3 Å². The molecule has 0 bridgehead atoms. The van der Waals surface area contributed by atoms with Crippen molar-refractivity contribution in [1.29, 1.82) is 0 Å². The van der Waals surface area contributed by atoms with E-state index < -0.39 is 0 Å². The minimum atomic E-state index is 0.241. The predicted octanol–water partition coefficient (Wildman–Crippen LogP) is 2.19. The molecule has 0 aliphatic carbocycles. The van der Waals surface area contributed by atoms with E-state index in [9.17, 15) is 0 Å². The lowest BCUT2D eigenvalue weighted by molar-refractivity contribution is -0.0481. The van der Waals surface area contributed by atoms with E-state index in [-0.39, 0.29) is 5.41 Å². The van der Waals surface area contributed by atoms with E-state index in [1.807, 2.05) is 0 Å². The van der Waals surface area contributed by atoms with Gasteiger partial charge in [0.05, 0.1) is 12.2 Å². The summed E-state index contributed by atoms with van der Waals surface area (Å²) < 4.78 is 5.98. The molecule has 3 unspecified atom stereocenters. The van der Waals surface area contributed by atoms with Crippen molar-refractivity contribution in [3.63, 3.8) is 0 Å². The van der Waals surface area contributed by atoms with Crippen LogP contribution in [0.4, 0.5) is 0 Å². The molecule has 3 atom stereocenters. The van der Waals surface area contributed by atoms with E-state index in [1.165, 1.54) is 0 Å². The Balaban J connectivity index is 2.58. The Kier molecular flexibility index (Phi) is 3.36. The van der Waals surface area contributed by atoms with Gasteiger partial charge in [0.25, 0.3) is 0 Å². The van der Waals surface area contributed by atoms with Crippen LogP contribution in [-0.4, -0.2) is 24.8 Å². The molecule has 78 valence electrons. The first-order valence-electron chi connectivity index (χ1n) is 5.28. The molecule has 0 aromatic carbocycles. The monoisotopic (exact) mass is 185 g/mol. The maximum absolute atomic E-state index is 5.98. The Labute approximate surface area is 82.0 Å². The molecule has 13 heavy (non-hydrogen) atoms. The molecule has 1 aliphatic heterocycles. The average molecular weight is 185 g/mol. The van der Waals surface area contributed by atoms with E-state index in [0.717, 1.165) is 13.0 Å². The van der Waals surface area contributed by atoms with Crippen molar-refractivity contribution in [2.75, 3.05) is 6.54 Å². The van der Waals surface area contributed by atoms with Gasteiger partial charge in [0.15, 0.2) is 0 Å². The zero-order chi connectivity index (χ0) is 10.1. The molecule has 1 rings (SSSR count). The summed E-state index contributed by atoms with van der Waals surface area (Å²) in [4.78, 5) is 0. The lowest BCUT2D eigenvalue weighted by atomic mass is 9.89. The summed E-state index contributed by atoms with van der Waals surface area (Å²) in [6, 6.07) is 0.586. The predicted molar refractivity (Wildman–Crippen MR) is 55.9 cm³/mol. The first-order chi connectivity index (χ1) is 5.89. The molecule has 2 nitrogen and oxygen atoms in total. The third kappa shape index (κ3) is 3.28. The maximum Gasteiger partial charge on any atom is 0.0751 e. The Hall–Kier alpha value is -0.0800. The van der Waals surface area contributed by atoms with Gasteiger partial charge >= 0.3 is 0 Å². The Bertz CT molecular complexity index is 162. The smallest absolute Gasteiger partial charge is 0.0751 e. The van der Waals surface area contributed by atoms with Crippen LogP contribution in [0.1, 0.15) is 41.0 Å². The van der Waals surface area contributed by atoms with Crippen LogP contribution in [0.5, 0.6) is 0 Å². The van der Waals surface area contributed by atoms with E-state index in [2.05, 4.69) is 39.9 Å². The molecule has 0 amide bonds. The van der Waals surface area contributed by atoms with Crippen molar-refractivity contribution in [1.82, 2.24) is 5.32 Å². The molecule has 0 saturated carbocycles. The molecular weight excluding hydrogens is 162 g/mol. The van der Waals surface area contributed by atoms with Crippen LogP contribution in [0.15, 0.2) is 0 Å². The fourth-order valence-electron chi connectivity index (χ4n) is 1.78. The summed E-state index contributed by atoms with van der Waals surface area (Å²) in [7, 11) is 0. The Morgan fingerprint density at radius 2 is 1.85 bits per heavy atom. The first kappa shape index (κ1) is 11.0. The van der Waals surface area contributed by atoms with E-state index in [0.29, 0.717) is 18.2 Å². The lowest BCUT2D eigenvalue weighted by Gasteiger charge is -2.31. The summed E-state index contributed by atoms with van der Waals surface area (Å²) in [5.41, 5.74) is 0.241. The maximum atomic E-state index is 5.98. The highest BCUT2D eigenvalue weighted by atomic mass is 16.5. The van der Waals surface area contributed by atoms with Gasteiger partial charge < -0.3 is 10.1 Å². The van der Waals surface area contributed by atoms with E-state index >= 15 is 0 Å². The molecule has 1 aliphatic rings. The zero-order valence-corrected chi connectivity index (χ0v) is 9.55. The van der Waals surface area contributed by atoms with Gasteiger partial charge in [-0.05, 0) is 25.7 Å². The molecule has 1 heterocycles. The van der Waals surface area contributed by atoms with Crippen LogP contribution in [-0.2, 0) is 4.74 Å². The number of rotatable bonds is 0. The average Bonchev–Trinajstić information content (AvgIpc) is 2.09. The first-order valence-corrected chi connectivity index (χ1v) is 5.28. The van der Waals surface area contributed by atoms with Crippen LogP contribution < -0.4 is 5.32 Å². The van der Waals surface area contributed by atoms with Crippen LogP contribution in [0.2, 0.25) is 0 Å². The van der Waals surface area contributed by atoms with Gasteiger partial charge in [-0.25, -0.2) is 0 Å². The molecule has 0 spiro atoms. The summed E-state index contributed by atoms with van der Waals surface area (Å²) in [6.07, 6.45) is 1.84. The van der Waals surface area contributed by atoms with Gasteiger partial charge in [-0.15, -0.1) is 0 Å². The highest BCUT2D eigenvalue weighted by Crippen LogP contribution is 2.25. The Morgan fingerprint density at radius 1 is 1.23 bits per heavy atom. The van der Waals surface area contributed by atoms with Crippen LogP contribution in [0.25, 0.3) is 0 Å². The molecule has 2 heteroatoms. The van der Waals surface area contributed by atoms with Crippen LogP contribution >= 0.6 is 0 Å². The highest BCUT2D eigenvalue weighted by Gasteiger charge is 2.29. The fraction of sp³-hybridized carbons (Fsp3) is 1.00. The number of nitrogens with one attached hydrogen (secondary N) is 1. The summed E-state index contributed by atoms with van der Waals surface area (Å²) in [6.45, 7) is 12.1. The van der Waals surface area contributed by atoms with Crippen molar-refractivity contribution >= 4 is 0 Å². The van der Waals surface area contributed by atoms with E-state index in [1.54, 1.807) is 0 Å². The lowest BCUT2D eigenvalue weighted by Crippen LogP contribution is -2.39. The second-order valence-electron chi connectivity index (χ2n) is 5.35. The van der Waals surface area contributed by atoms with Gasteiger partial charge in [-0.1, -0.05) is 20.8 Å². The molecule has 0 radical (unpaired) electrons. The van der Waals surface area contributed by atoms with Crippen molar-refractivity contribution in [3.8, 4) is 0 Å². The van der Waals surface area contributed by atoms with Gasteiger partial charge in [0, 0.05) is 12.6 Å². The third-order valence-corrected chi connectivity index (χ3v) is 2.70. The largest absolute Gasteiger partial charge is 0.373 e. The number of hydrogen-bond acceptors (Lipinski definition) is 2. The van der Waals surface area contributed by atoms with Crippen molar-refractivity contribution in [3.05, 3.63) is 0 Å². The molecule has 1 fully saturated rings. The fourth-order valence-corrected chi connectivity index (χ4v) is 1.78. The van der Waals surface area contributed by atoms with Gasteiger partial charge in [-0.3, -0.25) is 0 Å². The second-order valence-corrected chi connectivity index (χ2v) is 5.35. The van der Waals surface area contributed by atoms with E-state index in [4.69, 9.17) is 4.74 Å². The zero-order valence-electron chi connectivity index (χ0n) is 9.55. The summed E-state index contributed by atoms with van der Waals surface area (Å²) >= 11 is 0. The summed E-state index contributed by atoms with van der Waals surface area (Å²) in [5, 5.41) is 3.51. The van der Waals surface area contributed by atoms with Gasteiger partial charge in [-0.2, -0.15) is 0 Å². The quantitative estimate of drug-likeness (QED) is 0.624. The van der Waals surface area contributed by atoms with Crippen molar-refractivity contribution in [2.24, 2.45) is 5.41 Å². The molecule has 1 N–H and O–H groups in total. The molecule has 0 aromatic rings. The van der Waals surface area contributed by atoms with Crippen molar-refractivity contribution < 1.29 is 4.74 Å². The highest BCUT2D eigenvalue weighted by molar-refractivity contribution is 4.82. The minimum Gasteiger partial charge on any atom is -0.373 e. The van der Waals surface area contributed by atoms with Crippen LogP contribution in [0.3, 0.4) is 0 Å². The molecule has 1 saturated heterocycles. The SMILES string of the molecule is CC1CC(C)OC(C(C)(C)C)CN1. The number of ether oxygens (including phenoxy) is 1. The molecular formula is C11H23NO. The van der Waals surface area contributed by atoms with Crippen LogP contribution in [0, 0.1) is 5.41 Å². The Morgan fingerprint density at radius 3 is 2.38 bits per heavy atom. The number of hydrogen-bond donors (Lipinski definition) is 1.